The molecule has 0 amide bonds. The van der Waals surface area contributed by atoms with Crippen LogP contribution < -0.4 is 5.73 Å². The van der Waals surface area contributed by atoms with Crippen LogP contribution in [0.5, 0.6) is 0 Å². The maximum Gasteiger partial charge on any atom is 0.0353 e. The Morgan fingerprint density at radius 3 is 1.91 bits per heavy atom. The van der Waals surface area contributed by atoms with Gasteiger partial charge < -0.3 is 5.73 Å². The molecule has 1 heteroatoms. The van der Waals surface area contributed by atoms with Crippen molar-refractivity contribution in [3.8, 4) is 0 Å². The van der Waals surface area contributed by atoms with Gasteiger partial charge in [-0.05, 0) is 57.6 Å². The Bertz CT molecular complexity index is 985. The van der Waals surface area contributed by atoms with Gasteiger partial charge in [0.1, 0.15) is 0 Å². The lowest BCUT2D eigenvalue weighted by atomic mass is 9.98. The molecular formula is C22H19N. The van der Waals surface area contributed by atoms with Crippen molar-refractivity contribution in [3.05, 3.63) is 90.0 Å². The van der Waals surface area contributed by atoms with Gasteiger partial charge in [0.05, 0.1) is 0 Å². The zero-order chi connectivity index (χ0) is 15.6. The summed E-state index contributed by atoms with van der Waals surface area (Å²) in [5, 5.41) is 5.06. The van der Waals surface area contributed by atoms with Crippen molar-refractivity contribution in [1.82, 2.24) is 0 Å². The van der Waals surface area contributed by atoms with Crippen molar-refractivity contribution in [2.24, 2.45) is 0 Å². The van der Waals surface area contributed by atoms with E-state index in [2.05, 4.69) is 78.9 Å². The molecule has 0 aliphatic heterocycles. The van der Waals surface area contributed by atoms with Crippen LogP contribution in [0.15, 0.2) is 78.9 Å². The van der Waals surface area contributed by atoms with Crippen molar-refractivity contribution in [2.45, 2.75) is 12.8 Å². The highest BCUT2D eigenvalue weighted by Crippen LogP contribution is 2.24. The van der Waals surface area contributed by atoms with Crippen LogP contribution in [0.2, 0.25) is 0 Å². The second-order valence-corrected chi connectivity index (χ2v) is 6.08. The SMILES string of the molecule is Nc1cc2ccccc2cc1CCc1ccc2ccccc2c1. The van der Waals surface area contributed by atoms with Crippen molar-refractivity contribution in [1.29, 1.82) is 0 Å². The van der Waals surface area contributed by atoms with E-state index in [0.29, 0.717) is 0 Å². The van der Waals surface area contributed by atoms with E-state index in [9.17, 15) is 0 Å². The Kier molecular flexibility index (Phi) is 3.47. The quantitative estimate of drug-likeness (QED) is 0.506. The highest BCUT2D eigenvalue weighted by Gasteiger charge is 2.04. The van der Waals surface area contributed by atoms with Crippen LogP contribution in [0.3, 0.4) is 0 Å². The molecular weight excluding hydrogens is 278 g/mol. The van der Waals surface area contributed by atoms with Crippen LogP contribution in [0.25, 0.3) is 21.5 Å². The summed E-state index contributed by atoms with van der Waals surface area (Å²) in [6, 6.07) is 27.9. The molecule has 23 heavy (non-hydrogen) atoms. The third-order valence-corrected chi connectivity index (χ3v) is 4.50. The van der Waals surface area contributed by atoms with Crippen molar-refractivity contribution >= 4 is 27.2 Å². The predicted molar refractivity (Wildman–Crippen MR) is 99.7 cm³/mol. The number of rotatable bonds is 3. The van der Waals surface area contributed by atoms with Crippen LogP contribution in [0.4, 0.5) is 5.69 Å². The van der Waals surface area contributed by atoms with Crippen molar-refractivity contribution in [2.75, 3.05) is 5.73 Å². The lowest BCUT2D eigenvalue weighted by Crippen LogP contribution is -1.97. The molecule has 0 bridgehead atoms. The number of hydrogen-bond acceptors (Lipinski definition) is 1. The van der Waals surface area contributed by atoms with E-state index in [-0.39, 0.29) is 0 Å². The molecule has 0 aliphatic rings. The molecule has 0 aromatic heterocycles. The van der Waals surface area contributed by atoms with Crippen LogP contribution in [0.1, 0.15) is 11.1 Å². The molecule has 0 aliphatic carbocycles. The average molecular weight is 297 g/mol. The van der Waals surface area contributed by atoms with E-state index in [4.69, 9.17) is 5.73 Å². The number of aryl methyl sites for hydroxylation is 2. The molecule has 4 aromatic carbocycles. The molecule has 4 aromatic rings. The largest absolute Gasteiger partial charge is 0.398 e. The van der Waals surface area contributed by atoms with Gasteiger partial charge in [-0.2, -0.15) is 0 Å². The van der Waals surface area contributed by atoms with Crippen LogP contribution in [-0.4, -0.2) is 0 Å². The van der Waals surface area contributed by atoms with Crippen LogP contribution in [0, 0.1) is 0 Å². The van der Waals surface area contributed by atoms with Crippen LogP contribution in [-0.2, 0) is 12.8 Å². The highest BCUT2D eigenvalue weighted by molar-refractivity contribution is 5.87. The Hall–Kier alpha value is -2.80. The molecule has 0 saturated heterocycles. The molecule has 0 saturated carbocycles. The van der Waals surface area contributed by atoms with Crippen LogP contribution >= 0.6 is 0 Å². The molecule has 0 fully saturated rings. The standard InChI is InChI=1S/C22H19N/c23-22-15-20-8-4-3-7-19(20)14-21(22)12-10-16-9-11-17-5-1-2-6-18(17)13-16/h1-9,11,13-15H,10,12,23H2. The number of anilines is 1. The summed E-state index contributed by atoms with van der Waals surface area (Å²) < 4.78 is 0. The van der Waals surface area contributed by atoms with Gasteiger partial charge >= 0.3 is 0 Å². The number of fused-ring (bicyclic) bond motifs is 2. The van der Waals surface area contributed by atoms with E-state index in [1.54, 1.807) is 0 Å². The maximum atomic E-state index is 6.24. The summed E-state index contributed by atoms with van der Waals surface area (Å²) in [7, 11) is 0. The van der Waals surface area contributed by atoms with Gasteiger partial charge in [-0.3, -0.25) is 0 Å². The highest BCUT2D eigenvalue weighted by atomic mass is 14.6. The normalized spacial score (nSPS) is 11.1. The van der Waals surface area contributed by atoms with Crippen molar-refractivity contribution < 1.29 is 0 Å². The minimum atomic E-state index is 0.893. The third-order valence-electron chi connectivity index (χ3n) is 4.50. The van der Waals surface area contributed by atoms with E-state index in [1.165, 1.54) is 32.7 Å². The van der Waals surface area contributed by atoms with E-state index >= 15 is 0 Å². The lowest BCUT2D eigenvalue weighted by Gasteiger charge is -2.09. The van der Waals surface area contributed by atoms with E-state index in [0.717, 1.165) is 18.5 Å². The fourth-order valence-corrected chi connectivity index (χ4v) is 3.19. The first-order chi connectivity index (χ1) is 11.3. The van der Waals surface area contributed by atoms with Gasteiger partial charge in [-0.15, -0.1) is 0 Å². The van der Waals surface area contributed by atoms with E-state index in [1.807, 2.05) is 0 Å². The first kappa shape index (κ1) is 13.8. The molecule has 0 atom stereocenters. The summed E-state index contributed by atoms with van der Waals surface area (Å²) in [6.45, 7) is 0. The Morgan fingerprint density at radius 1 is 0.565 bits per heavy atom. The summed E-state index contributed by atoms with van der Waals surface area (Å²) in [5.41, 5.74) is 9.73. The molecule has 4 rings (SSSR count). The van der Waals surface area contributed by atoms with Gasteiger partial charge in [0, 0.05) is 5.69 Å². The van der Waals surface area contributed by atoms with E-state index < -0.39 is 0 Å². The Morgan fingerprint density at radius 2 is 1.17 bits per heavy atom. The fraction of sp³-hybridized carbons (Fsp3) is 0.0909. The first-order valence-electron chi connectivity index (χ1n) is 8.04. The predicted octanol–water partition coefficient (Wildman–Crippen LogP) is 5.36. The Balaban J connectivity index is 1.61. The molecule has 0 spiro atoms. The fourth-order valence-electron chi connectivity index (χ4n) is 3.19. The maximum absolute atomic E-state index is 6.24. The minimum Gasteiger partial charge on any atom is -0.398 e. The molecule has 0 unspecified atom stereocenters. The zero-order valence-corrected chi connectivity index (χ0v) is 13.0. The molecule has 1 nitrogen and oxygen atoms in total. The molecule has 0 heterocycles. The summed E-state index contributed by atoms with van der Waals surface area (Å²) in [5.74, 6) is 0. The van der Waals surface area contributed by atoms with Gasteiger partial charge in [-0.1, -0.05) is 66.7 Å². The number of nitrogen functional groups attached to an aromatic ring is 1. The second-order valence-electron chi connectivity index (χ2n) is 6.08. The number of hydrogen-bond donors (Lipinski definition) is 1. The molecule has 112 valence electrons. The average Bonchev–Trinajstić information content (AvgIpc) is 2.59. The van der Waals surface area contributed by atoms with Gasteiger partial charge in [0.15, 0.2) is 0 Å². The smallest absolute Gasteiger partial charge is 0.0353 e. The van der Waals surface area contributed by atoms with Gasteiger partial charge in [0.25, 0.3) is 0 Å². The first-order valence-corrected chi connectivity index (χ1v) is 8.04. The van der Waals surface area contributed by atoms with Crippen molar-refractivity contribution in [3.63, 3.8) is 0 Å². The lowest BCUT2D eigenvalue weighted by molar-refractivity contribution is 0.967. The second kappa shape index (κ2) is 5.77. The topological polar surface area (TPSA) is 26.0 Å². The molecule has 2 N–H and O–H groups in total. The Labute approximate surface area is 136 Å². The van der Waals surface area contributed by atoms with Gasteiger partial charge in [-0.25, -0.2) is 0 Å². The zero-order valence-electron chi connectivity index (χ0n) is 13.0. The van der Waals surface area contributed by atoms with Gasteiger partial charge in [0.2, 0.25) is 0 Å². The minimum absolute atomic E-state index is 0.893. The molecule has 0 radical (unpaired) electrons. The summed E-state index contributed by atoms with van der Waals surface area (Å²) in [6.07, 6.45) is 1.97. The third kappa shape index (κ3) is 2.78. The number of benzene rings is 4. The monoisotopic (exact) mass is 297 g/mol. The number of nitrogens with two attached hydrogens (primary N) is 1. The summed E-state index contributed by atoms with van der Waals surface area (Å²) in [4.78, 5) is 0. The summed E-state index contributed by atoms with van der Waals surface area (Å²) >= 11 is 0.